The lowest BCUT2D eigenvalue weighted by atomic mass is 10.2. The molecule has 1 aromatic heterocycles. The third-order valence-corrected chi connectivity index (χ3v) is 7.74. The summed E-state index contributed by atoms with van der Waals surface area (Å²) in [5, 5.41) is 1.91. The van der Waals surface area contributed by atoms with Crippen molar-refractivity contribution in [2.24, 2.45) is 0 Å². The summed E-state index contributed by atoms with van der Waals surface area (Å²) < 4.78 is 28.6. The highest BCUT2D eigenvalue weighted by atomic mass is 32.2. The Labute approximate surface area is 147 Å². The van der Waals surface area contributed by atoms with Crippen molar-refractivity contribution in [3.63, 3.8) is 0 Å². The number of hydrogen-bond donors (Lipinski definition) is 0. The van der Waals surface area contributed by atoms with E-state index in [0.717, 1.165) is 23.5 Å². The maximum absolute atomic E-state index is 12.7. The molecule has 0 N–H and O–H groups in total. The van der Waals surface area contributed by atoms with Crippen molar-refractivity contribution in [2.45, 2.75) is 6.92 Å². The van der Waals surface area contributed by atoms with Gasteiger partial charge in [-0.2, -0.15) is 17.0 Å². The van der Waals surface area contributed by atoms with Gasteiger partial charge in [0.05, 0.1) is 4.88 Å². The van der Waals surface area contributed by atoms with Crippen LogP contribution in [0.15, 0.2) is 11.4 Å². The van der Waals surface area contributed by atoms with Gasteiger partial charge >= 0.3 is 0 Å². The van der Waals surface area contributed by atoms with Crippen molar-refractivity contribution in [1.82, 2.24) is 18.4 Å². The first-order valence-corrected chi connectivity index (χ1v) is 10.4. The molecule has 9 heteroatoms. The molecule has 0 atom stereocenters. The maximum Gasteiger partial charge on any atom is 0.282 e. The summed E-state index contributed by atoms with van der Waals surface area (Å²) in [4.78, 5) is 17.2. The molecule has 134 valence electrons. The lowest BCUT2D eigenvalue weighted by Gasteiger charge is -2.39. The predicted octanol–water partition coefficient (Wildman–Crippen LogP) is 0.307. The molecule has 2 aliphatic rings. The minimum absolute atomic E-state index is 0.0131. The van der Waals surface area contributed by atoms with Crippen LogP contribution in [0.25, 0.3) is 0 Å². The highest BCUT2D eigenvalue weighted by Gasteiger charge is 2.35. The standard InChI is InChI=1S/C15H24N4O3S2/c1-13-3-12-23-14(13)15(20)17-6-10-19(11-7-17)24(21,22)18-8-4-16(2)5-9-18/h3,12H,4-11H2,1-2H3. The quantitative estimate of drug-likeness (QED) is 0.766. The molecule has 0 radical (unpaired) electrons. The SMILES string of the molecule is Cc1ccsc1C(=O)N1CCN(S(=O)(=O)N2CCN(C)CC2)CC1. The van der Waals surface area contributed by atoms with Crippen LogP contribution in [0.3, 0.4) is 0 Å². The zero-order chi connectivity index (χ0) is 17.3. The van der Waals surface area contributed by atoms with Crippen molar-refractivity contribution >= 4 is 27.5 Å². The van der Waals surface area contributed by atoms with Gasteiger partial charge in [0.2, 0.25) is 0 Å². The molecule has 2 aliphatic heterocycles. The Morgan fingerprint density at radius 2 is 1.54 bits per heavy atom. The van der Waals surface area contributed by atoms with Crippen molar-refractivity contribution in [3.8, 4) is 0 Å². The molecule has 3 rings (SSSR count). The van der Waals surface area contributed by atoms with Crippen LogP contribution in [0.5, 0.6) is 0 Å². The first-order valence-electron chi connectivity index (χ1n) is 8.17. The van der Waals surface area contributed by atoms with E-state index in [1.54, 1.807) is 9.21 Å². The zero-order valence-corrected chi connectivity index (χ0v) is 15.8. The van der Waals surface area contributed by atoms with Gasteiger partial charge in [-0.3, -0.25) is 4.79 Å². The van der Waals surface area contributed by atoms with Crippen LogP contribution in [0.2, 0.25) is 0 Å². The molecule has 3 heterocycles. The first kappa shape index (κ1) is 17.8. The van der Waals surface area contributed by atoms with Crippen LogP contribution in [-0.4, -0.2) is 92.1 Å². The number of nitrogens with zero attached hydrogens (tertiary/aromatic N) is 4. The van der Waals surface area contributed by atoms with E-state index in [9.17, 15) is 13.2 Å². The van der Waals surface area contributed by atoms with E-state index >= 15 is 0 Å². The van der Waals surface area contributed by atoms with Crippen LogP contribution in [0.1, 0.15) is 15.2 Å². The average Bonchev–Trinajstić information content (AvgIpc) is 3.01. The van der Waals surface area contributed by atoms with Crippen LogP contribution in [0.4, 0.5) is 0 Å². The maximum atomic E-state index is 12.7. The van der Waals surface area contributed by atoms with Gasteiger partial charge in [0.15, 0.2) is 0 Å². The third kappa shape index (κ3) is 3.50. The Hall–Kier alpha value is -1.00. The Morgan fingerprint density at radius 1 is 1.00 bits per heavy atom. The molecule has 0 aliphatic carbocycles. The van der Waals surface area contributed by atoms with Gasteiger partial charge < -0.3 is 9.80 Å². The summed E-state index contributed by atoms with van der Waals surface area (Å²) in [6.45, 7) is 6.14. The van der Waals surface area contributed by atoms with Crippen LogP contribution >= 0.6 is 11.3 Å². The van der Waals surface area contributed by atoms with Gasteiger partial charge in [-0.25, -0.2) is 0 Å². The second-order valence-corrected chi connectivity index (χ2v) is 9.18. The van der Waals surface area contributed by atoms with Gasteiger partial charge in [-0.15, -0.1) is 11.3 Å². The number of piperazine rings is 2. The summed E-state index contributed by atoms with van der Waals surface area (Å²) in [6.07, 6.45) is 0. The lowest BCUT2D eigenvalue weighted by molar-refractivity contribution is 0.0696. The van der Waals surface area contributed by atoms with E-state index in [1.807, 2.05) is 25.4 Å². The summed E-state index contributed by atoms with van der Waals surface area (Å²) in [7, 11) is -1.41. The van der Waals surface area contributed by atoms with Gasteiger partial charge in [0.1, 0.15) is 0 Å². The topological polar surface area (TPSA) is 64.2 Å². The molecule has 0 spiro atoms. The highest BCUT2D eigenvalue weighted by molar-refractivity contribution is 7.86. The molecule has 0 saturated carbocycles. The molecule has 1 aromatic rings. The fraction of sp³-hybridized carbons (Fsp3) is 0.667. The van der Waals surface area contributed by atoms with E-state index in [2.05, 4.69) is 4.90 Å². The second kappa shape index (κ2) is 7.09. The van der Waals surface area contributed by atoms with Crippen molar-refractivity contribution in [3.05, 3.63) is 21.9 Å². The van der Waals surface area contributed by atoms with E-state index in [0.29, 0.717) is 39.3 Å². The fourth-order valence-electron chi connectivity index (χ4n) is 3.04. The third-order valence-electron chi connectivity index (χ3n) is 4.70. The van der Waals surface area contributed by atoms with Crippen molar-refractivity contribution in [2.75, 3.05) is 59.4 Å². The van der Waals surface area contributed by atoms with Gasteiger partial charge in [-0.05, 0) is 31.0 Å². The number of hydrogen-bond acceptors (Lipinski definition) is 5. The smallest absolute Gasteiger partial charge is 0.282 e. The van der Waals surface area contributed by atoms with E-state index in [1.165, 1.54) is 15.6 Å². The summed E-state index contributed by atoms with van der Waals surface area (Å²) in [5.74, 6) is 0.0131. The molecule has 2 fully saturated rings. The minimum atomic E-state index is -3.41. The Morgan fingerprint density at radius 3 is 2.04 bits per heavy atom. The number of carbonyl (C=O) groups excluding carboxylic acids is 1. The van der Waals surface area contributed by atoms with E-state index < -0.39 is 10.2 Å². The first-order chi connectivity index (χ1) is 11.4. The summed E-state index contributed by atoms with van der Waals surface area (Å²) >= 11 is 1.44. The molecule has 24 heavy (non-hydrogen) atoms. The van der Waals surface area contributed by atoms with Crippen molar-refractivity contribution < 1.29 is 13.2 Å². The molecule has 0 unspecified atom stereocenters. The van der Waals surface area contributed by atoms with Crippen LogP contribution in [0, 0.1) is 6.92 Å². The second-order valence-electron chi connectivity index (χ2n) is 6.33. The molecular formula is C15H24N4O3S2. The van der Waals surface area contributed by atoms with Gasteiger partial charge in [-0.1, -0.05) is 0 Å². The van der Waals surface area contributed by atoms with Crippen LogP contribution in [-0.2, 0) is 10.2 Å². The number of likely N-dealkylation sites (N-methyl/N-ethyl adjacent to an activating group) is 1. The largest absolute Gasteiger partial charge is 0.335 e. The Bertz CT molecular complexity index is 687. The molecule has 0 bridgehead atoms. The lowest BCUT2D eigenvalue weighted by Crippen LogP contribution is -2.57. The van der Waals surface area contributed by atoms with E-state index in [4.69, 9.17) is 0 Å². The van der Waals surface area contributed by atoms with Crippen molar-refractivity contribution in [1.29, 1.82) is 0 Å². The summed E-state index contributed by atoms with van der Waals surface area (Å²) in [6, 6.07) is 1.94. The number of thiophene rings is 1. The highest BCUT2D eigenvalue weighted by Crippen LogP contribution is 2.20. The molecular weight excluding hydrogens is 348 g/mol. The normalized spacial score (nSPS) is 22.0. The Balaban J connectivity index is 1.60. The molecule has 0 aromatic carbocycles. The summed E-state index contributed by atoms with van der Waals surface area (Å²) in [5.41, 5.74) is 0.984. The van der Waals surface area contributed by atoms with Gasteiger partial charge in [0.25, 0.3) is 16.1 Å². The number of rotatable bonds is 3. The average molecular weight is 373 g/mol. The zero-order valence-electron chi connectivity index (χ0n) is 14.1. The predicted molar refractivity (Wildman–Crippen MR) is 94.5 cm³/mol. The van der Waals surface area contributed by atoms with E-state index in [-0.39, 0.29) is 5.91 Å². The fourth-order valence-corrected chi connectivity index (χ4v) is 5.51. The van der Waals surface area contributed by atoms with Crippen LogP contribution < -0.4 is 0 Å². The molecule has 1 amide bonds. The number of carbonyl (C=O) groups is 1. The van der Waals surface area contributed by atoms with Gasteiger partial charge in [0, 0.05) is 52.4 Å². The molecule has 7 nitrogen and oxygen atoms in total. The minimum Gasteiger partial charge on any atom is -0.335 e. The number of aryl methyl sites for hydroxylation is 1. The molecule has 2 saturated heterocycles. The Kier molecular flexibility index (Phi) is 5.26. The number of amides is 1. The monoisotopic (exact) mass is 372 g/mol.